The highest BCUT2D eigenvalue weighted by Crippen LogP contribution is 2.27. The van der Waals surface area contributed by atoms with Gasteiger partial charge in [0.2, 0.25) is 5.91 Å². The zero-order chi connectivity index (χ0) is 13.4. The molecule has 0 aromatic carbocycles. The normalized spacial score (nSPS) is 23.3. The van der Waals surface area contributed by atoms with Gasteiger partial charge in [0.1, 0.15) is 5.54 Å². The summed E-state index contributed by atoms with van der Waals surface area (Å²) < 4.78 is 5.12. The molecule has 1 fully saturated rings. The summed E-state index contributed by atoms with van der Waals surface area (Å²) in [4.78, 5) is 23.6. The molecule has 1 amide bonds. The number of piperidine rings is 1. The third-order valence-electron chi connectivity index (χ3n) is 3.31. The van der Waals surface area contributed by atoms with Gasteiger partial charge in [-0.1, -0.05) is 12.5 Å². The van der Waals surface area contributed by atoms with E-state index in [-0.39, 0.29) is 11.9 Å². The molecule has 0 unspecified atom stereocenters. The molecule has 0 spiro atoms. The minimum atomic E-state index is -0.785. The number of unbranched alkanes of at least 4 members (excludes halogenated alkanes) is 2. The number of esters is 1. The van der Waals surface area contributed by atoms with Gasteiger partial charge >= 0.3 is 5.97 Å². The Morgan fingerprint density at radius 1 is 1.56 bits per heavy atom. The van der Waals surface area contributed by atoms with E-state index in [0.717, 1.165) is 25.7 Å². The summed E-state index contributed by atoms with van der Waals surface area (Å²) in [6.07, 6.45) is 7.30. The molecule has 0 radical (unpaired) electrons. The van der Waals surface area contributed by atoms with Crippen molar-refractivity contribution in [2.24, 2.45) is 0 Å². The van der Waals surface area contributed by atoms with Crippen LogP contribution in [0.3, 0.4) is 0 Å². The van der Waals surface area contributed by atoms with Crippen LogP contribution in [0.2, 0.25) is 0 Å². The van der Waals surface area contributed by atoms with Gasteiger partial charge in [0.05, 0.1) is 6.61 Å². The molecule has 0 aromatic rings. The molecule has 0 bridgehead atoms. The van der Waals surface area contributed by atoms with Crippen LogP contribution in [0, 0.1) is 0 Å². The Morgan fingerprint density at radius 3 is 2.94 bits per heavy atom. The van der Waals surface area contributed by atoms with Crippen molar-refractivity contribution in [2.75, 3.05) is 6.61 Å². The lowest BCUT2D eigenvalue weighted by atomic mass is 9.84. The predicted molar refractivity (Wildman–Crippen MR) is 70.0 cm³/mol. The Bertz CT molecular complexity index is 314. The van der Waals surface area contributed by atoms with Gasteiger partial charge in [-0.05, 0) is 39.0 Å². The molecule has 4 heteroatoms. The van der Waals surface area contributed by atoms with E-state index in [2.05, 4.69) is 11.9 Å². The Labute approximate surface area is 109 Å². The number of ether oxygens (including phenoxy) is 1. The van der Waals surface area contributed by atoms with Gasteiger partial charge in [-0.2, -0.15) is 0 Å². The third kappa shape index (κ3) is 3.86. The number of nitrogens with one attached hydrogen (secondary N) is 1. The van der Waals surface area contributed by atoms with Crippen LogP contribution in [0.4, 0.5) is 0 Å². The molecule has 0 aromatic heterocycles. The average Bonchev–Trinajstić information content (AvgIpc) is 2.35. The summed E-state index contributed by atoms with van der Waals surface area (Å²) in [5.41, 5.74) is -0.785. The van der Waals surface area contributed by atoms with Crippen LogP contribution in [0.25, 0.3) is 0 Å². The second-order valence-electron chi connectivity index (χ2n) is 4.74. The Hall–Kier alpha value is -1.32. The van der Waals surface area contributed by atoms with Gasteiger partial charge in [0, 0.05) is 6.42 Å². The van der Waals surface area contributed by atoms with Crippen LogP contribution in [-0.4, -0.2) is 24.0 Å². The van der Waals surface area contributed by atoms with Crippen molar-refractivity contribution in [3.05, 3.63) is 12.7 Å². The van der Waals surface area contributed by atoms with Gasteiger partial charge in [-0.15, -0.1) is 6.58 Å². The van der Waals surface area contributed by atoms with Gasteiger partial charge in [-0.25, -0.2) is 4.79 Å². The van der Waals surface area contributed by atoms with E-state index in [4.69, 9.17) is 4.74 Å². The molecule has 1 aliphatic rings. The summed E-state index contributed by atoms with van der Waals surface area (Å²) in [5, 5.41) is 2.85. The summed E-state index contributed by atoms with van der Waals surface area (Å²) in [5.74, 6) is -0.324. The maximum absolute atomic E-state index is 12.1. The van der Waals surface area contributed by atoms with Crippen LogP contribution >= 0.6 is 0 Å². The minimum Gasteiger partial charge on any atom is -0.464 e. The Balaban J connectivity index is 2.64. The minimum absolute atomic E-state index is 0.0435. The fourth-order valence-corrected chi connectivity index (χ4v) is 2.37. The maximum atomic E-state index is 12.1. The topological polar surface area (TPSA) is 55.4 Å². The zero-order valence-electron chi connectivity index (χ0n) is 11.2. The molecule has 0 aliphatic carbocycles. The number of carbonyl (C=O) groups excluding carboxylic acids is 2. The van der Waals surface area contributed by atoms with E-state index in [1.165, 1.54) is 0 Å². The smallest absolute Gasteiger partial charge is 0.331 e. The first-order valence-corrected chi connectivity index (χ1v) is 6.74. The van der Waals surface area contributed by atoms with Crippen LogP contribution in [0.15, 0.2) is 12.7 Å². The molecular weight excluding hydrogens is 230 g/mol. The van der Waals surface area contributed by atoms with Crippen molar-refractivity contribution in [3.8, 4) is 0 Å². The van der Waals surface area contributed by atoms with Crippen molar-refractivity contribution in [2.45, 2.75) is 57.4 Å². The van der Waals surface area contributed by atoms with Gasteiger partial charge < -0.3 is 10.1 Å². The molecule has 1 saturated heterocycles. The lowest BCUT2D eigenvalue weighted by molar-refractivity contribution is -0.155. The number of hydrogen-bond donors (Lipinski definition) is 1. The van der Waals surface area contributed by atoms with E-state index >= 15 is 0 Å². The van der Waals surface area contributed by atoms with Crippen LogP contribution in [0.1, 0.15) is 51.9 Å². The fraction of sp³-hybridized carbons (Fsp3) is 0.714. The van der Waals surface area contributed by atoms with Crippen molar-refractivity contribution in [1.29, 1.82) is 0 Å². The van der Waals surface area contributed by atoms with Crippen LogP contribution in [0.5, 0.6) is 0 Å². The van der Waals surface area contributed by atoms with Crippen molar-refractivity contribution >= 4 is 11.9 Å². The van der Waals surface area contributed by atoms with E-state index in [1.54, 1.807) is 6.92 Å². The van der Waals surface area contributed by atoms with Crippen molar-refractivity contribution in [3.63, 3.8) is 0 Å². The molecule has 18 heavy (non-hydrogen) atoms. The number of allylic oxidation sites excluding steroid dienone is 1. The Morgan fingerprint density at radius 2 is 2.33 bits per heavy atom. The SMILES string of the molecule is C=CCCCC[C@]1(C(=O)OCC)CCCC(=O)N1. The van der Waals surface area contributed by atoms with Crippen LogP contribution < -0.4 is 5.32 Å². The second-order valence-corrected chi connectivity index (χ2v) is 4.74. The zero-order valence-corrected chi connectivity index (χ0v) is 11.2. The molecule has 1 heterocycles. The molecule has 102 valence electrons. The highest BCUT2D eigenvalue weighted by atomic mass is 16.5. The average molecular weight is 253 g/mol. The summed E-state index contributed by atoms with van der Waals surface area (Å²) in [6.45, 7) is 5.81. The lowest BCUT2D eigenvalue weighted by Crippen LogP contribution is -2.57. The van der Waals surface area contributed by atoms with E-state index in [1.807, 2.05) is 6.08 Å². The lowest BCUT2D eigenvalue weighted by Gasteiger charge is -2.35. The van der Waals surface area contributed by atoms with Gasteiger partial charge in [0.15, 0.2) is 0 Å². The Kier molecular flexibility index (Phi) is 5.89. The van der Waals surface area contributed by atoms with E-state index in [0.29, 0.717) is 25.9 Å². The summed E-state index contributed by atoms with van der Waals surface area (Å²) in [6, 6.07) is 0. The molecule has 1 atom stereocenters. The second kappa shape index (κ2) is 7.19. The van der Waals surface area contributed by atoms with Gasteiger partial charge in [-0.3, -0.25) is 4.79 Å². The highest BCUT2D eigenvalue weighted by molar-refractivity contribution is 5.89. The quantitative estimate of drug-likeness (QED) is 0.430. The first kappa shape index (κ1) is 14.7. The molecule has 1 N–H and O–H groups in total. The van der Waals surface area contributed by atoms with Crippen molar-refractivity contribution in [1.82, 2.24) is 5.32 Å². The summed E-state index contributed by atoms with van der Waals surface area (Å²) in [7, 11) is 0. The molecule has 4 nitrogen and oxygen atoms in total. The fourth-order valence-electron chi connectivity index (χ4n) is 2.37. The number of carbonyl (C=O) groups is 2. The van der Waals surface area contributed by atoms with E-state index < -0.39 is 5.54 Å². The monoisotopic (exact) mass is 253 g/mol. The largest absolute Gasteiger partial charge is 0.464 e. The number of rotatable bonds is 7. The number of hydrogen-bond acceptors (Lipinski definition) is 3. The van der Waals surface area contributed by atoms with Crippen molar-refractivity contribution < 1.29 is 14.3 Å². The summed E-state index contributed by atoms with van der Waals surface area (Å²) >= 11 is 0. The third-order valence-corrected chi connectivity index (χ3v) is 3.31. The number of amides is 1. The first-order valence-electron chi connectivity index (χ1n) is 6.74. The van der Waals surface area contributed by atoms with E-state index in [9.17, 15) is 9.59 Å². The van der Waals surface area contributed by atoms with Crippen LogP contribution in [-0.2, 0) is 14.3 Å². The highest BCUT2D eigenvalue weighted by Gasteiger charge is 2.42. The molecule has 1 aliphatic heterocycles. The predicted octanol–water partition coefficient (Wildman–Crippen LogP) is 2.33. The molecule has 0 saturated carbocycles. The molecule has 1 rings (SSSR count). The maximum Gasteiger partial charge on any atom is 0.331 e. The standard InChI is InChI=1S/C14H23NO3/c1-3-5-6-7-10-14(13(17)18-4-2)11-8-9-12(16)15-14/h3H,1,4-11H2,2H3,(H,15,16)/t14-/m1/s1. The molecular formula is C14H23NO3. The van der Waals surface area contributed by atoms with Gasteiger partial charge in [0.25, 0.3) is 0 Å². The first-order chi connectivity index (χ1) is 8.64.